The fourth-order valence-corrected chi connectivity index (χ4v) is 2.02. The third-order valence-corrected chi connectivity index (χ3v) is 3.13. The van der Waals surface area contributed by atoms with Crippen molar-refractivity contribution in [1.29, 1.82) is 5.26 Å². The molecular formula is C12H10BrN3. The number of para-hydroxylation sites is 1. The SMILES string of the molecule is Cc1c(CC#N)cnn1-c1ccccc1Br. The molecule has 0 aliphatic rings. The summed E-state index contributed by atoms with van der Waals surface area (Å²) in [7, 11) is 0. The van der Waals surface area contributed by atoms with Crippen LogP contribution in [-0.4, -0.2) is 9.78 Å². The Morgan fingerprint density at radius 1 is 1.44 bits per heavy atom. The van der Waals surface area contributed by atoms with Gasteiger partial charge in [-0.05, 0) is 35.0 Å². The second-order valence-corrected chi connectivity index (χ2v) is 4.31. The van der Waals surface area contributed by atoms with Crippen molar-refractivity contribution in [1.82, 2.24) is 9.78 Å². The van der Waals surface area contributed by atoms with E-state index in [2.05, 4.69) is 27.1 Å². The Bertz CT molecular complexity index is 552. The molecule has 1 heterocycles. The van der Waals surface area contributed by atoms with Gasteiger partial charge in [-0.15, -0.1) is 0 Å². The Hall–Kier alpha value is -1.60. The first-order valence-electron chi connectivity index (χ1n) is 4.89. The molecule has 0 bridgehead atoms. The lowest BCUT2D eigenvalue weighted by molar-refractivity contribution is 0.841. The summed E-state index contributed by atoms with van der Waals surface area (Å²) in [6.07, 6.45) is 2.15. The minimum absolute atomic E-state index is 0.399. The van der Waals surface area contributed by atoms with Crippen LogP contribution >= 0.6 is 15.9 Å². The lowest BCUT2D eigenvalue weighted by atomic mass is 10.2. The monoisotopic (exact) mass is 275 g/mol. The number of hydrogen-bond acceptors (Lipinski definition) is 2. The zero-order valence-corrected chi connectivity index (χ0v) is 10.4. The van der Waals surface area contributed by atoms with E-state index in [1.165, 1.54) is 0 Å². The predicted molar refractivity (Wildman–Crippen MR) is 65.3 cm³/mol. The Balaban J connectivity index is 2.50. The van der Waals surface area contributed by atoms with Crippen LogP contribution in [0.1, 0.15) is 11.3 Å². The number of rotatable bonds is 2. The van der Waals surface area contributed by atoms with E-state index in [-0.39, 0.29) is 0 Å². The van der Waals surface area contributed by atoms with Crippen LogP contribution in [0.4, 0.5) is 0 Å². The van der Waals surface area contributed by atoms with E-state index in [0.717, 1.165) is 21.4 Å². The minimum Gasteiger partial charge on any atom is -0.237 e. The summed E-state index contributed by atoms with van der Waals surface area (Å²) in [5.74, 6) is 0. The lowest BCUT2D eigenvalue weighted by Crippen LogP contribution is -2.00. The Kier molecular flexibility index (Phi) is 3.07. The highest BCUT2D eigenvalue weighted by Gasteiger charge is 2.09. The summed E-state index contributed by atoms with van der Waals surface area (Å²) in [5.41, 5.74) is 2.97. The first kappa shape index (κ1) is 10.9. The maximum atomic E-state index is 8.68. The van der Waals surface area contributed by atoms with E-state index < -0.39 is 0 Å². The zero-order valence-electron chi connectivity index (χ0n) is 8.81. The Morgan fingerprint density at radius 3 is 2.88 bits per heavy atom. The average molecular weight is 276 g/mol. The van der Waals surface area contributed by atoms with Gasteiger partial charge in [-0.1, -0.05) is 12.1 Å². The number of halogens is 1. The average Bonchev–Trinajstić information content (AvgIpc) is 2.62. The molecule has 1 aromatic carbocycles. The second kappa shape index (κ2) is 4.50. The van der Waals surface area contributed by atoms with Crippen molar-refractivity contribution in [2.45, 2.75) is 13.3 Å². The maximum absolute atomic E-state index is 8.68. The largest absolute Gasteiger partial charge is 0.237 e. The topological polar surface area (TPSA) is 41.6 Å². The van der Waals surface area contributed by atoms with Crippen molar-refractivity contribution in [2.75, 3.05) is 0 Å². The van der Waals surface area contributed by atoms with Gasteiger partial charge in [0.05, 0.1) is 24.4 Å². The van der Waals surface area contributed by atoms with Crippen LogP contribution in [0.15, 0.2) is 34.9 Å². The molecule has 80 valence electrons. The number of nitrogens with zero attached hydrogens (tertiary/aromatic N) is 3. The molecule has 0 unspecified atom stereocenters. The molecule has 3 nitrogen and oxygen atoms in total. The van der Waals surface area contributed by atoms with Crippen LogP contribution in [0.25, 0.3) is 5.69 Å². The molecule has 0 aliphatic carbocycles. The second-order valence-electron chi connectivity index (χ2n) is 3.45. The normalized spacial score (nSPS) is 10.1. The molecule has 0 amide bonds. The molecule has 2 aromatic rings. The van der Waals surface area contributed by atoms with Gasteiger partial charge < -0.3 is 0 Å². The van der Waals surface area contributed by atoms with Gasteiger partial charge in [0.2, 0.25) is 0 Å². The van der Waals surface area contributed by atoms with Crippen molar-refractivity contribution in [3.8, 4) is 11.8 Å². The molecule has 16 heavy (non-hydrogen) atoms. The molecule has 0 radical (unpaired) electrons. The van der Waals surface area contributed by atoms with Crippen LogP contribution in [-0.2, 0) is 6.42 Å². The molecular weight excluding hydrogens is 266 g/mol. The highest BCUT2D eigenvalue weighted by atomic mass is 79.9. The van der Waals surface area contributed by atoms with Gasteiger partial charge >= 0.3 is 0 Å². The summed E-state index contributed by atoms with van der Waals surface area (Å²) in [5, 5.41) is 13.0. The molecule has 0 atom stereocenters. The van der Waals surface area contributed by atoms with Crippen molar-refractivity contribution in [3.05, 3.63) is 46.2 Å². The van der Waals surface area contributed by atoms with Crippen molar-refractivity contribution < 1.29 is 0 Å². The molecule has 0 aliphatic heterocycles. The van der Waals surface area contributed by atoms with E-state index in [4.69, 9.17) is 5.26 Å². The van der Waals surface area contributed by atoms with E-state index in [1.54, 1.807) is 6.20 Å². The standard InChI is InChI=1S/C12H10BrN3/c1-9-10(6-7-14)8-15-16(9)12-5-3-2-4-11(12)13/h2-5,8H,6H2,1H3. The van der Waals surface area contributed by atoms with E-state index >= 15 is 0 Å². The van der Waals surface area contributed by atoms with Crippen LogP contribution in [0.5, 0.6) is 0 Å². The van der Waals surface area contributed by atoms with Gasteiger partial charge in [-0.2, -0.15) is 10.4 Å². The molecule has 0 spiro atoms. The van der Waals surface area contributed by atoms with Gasteiger partial charge in [-0.25, -0.2) is 4.68 Å². The molecule has 0 saturated carbocycles. The van der Waals surface area contributed by atoms with Crippen molar-refractivity contribution in [3.63, 3.8) is 0 Å². The number of benzene rings is 1. The lowest BCUT2D eigenvalue weighted by Gasteiger charge is -2.06. The number of hydrogen-bond donors (Lipinski definition) is 0. The highest BCUT2D eigenvalue weighted by Crippen LogP contribution is 2.22. The summed E-state index contributed by atoms with van der Waals surface area (Å²) >= 11 is 3.49. The number of aromatic nitrogens is 2. The quantitative estimate of drug-likeness (QED) is 0.846. The van der Waals surface area contributed by atoms with Crippen LogP contribution in [0, 0.1) is 18.3 Å². The summed E-state index contributed by atoms with van der Waals surface area (Å²) < 4.78 is 2.83. The third kappa shape index (κ3) is 1.86. The van der Waals surface area contributed by atoms with Crippen molar-refractivity contribution >= 4 is 15.9 Å². The van der Waals surface area contributed by atoms with E-state index in [0.29, 0.717) is 6.42 Å². The molecule has 0 fully saturated rings. The first-order chi connectivity index (χ1) is 7.74. The van der Waals surface area contributed by atoms with Gasteiger partial charge in [0.15, 0.2) is 0 Å². The summed E-state index contributed by atoms with van der Waals surface area (Å²) in [6.45, 7) is 1.97. The molecule has 0 saturated heterocycles. The van der Waals surface area contributed by atoms with Gasteiger partial charge in [0, 0.05) is 15.7 Å². The Labute approximate surface area is 102 Å². The summed E-state index contributed by atoms with van der Waals surface area (Å²) in [4.78, 5) is 0. The van der Waals surface area contributed by atoms with Gasteiger partial charge in [0.1, 0.15) is 0 Å². The van der Waals surface area contributed by atoms with Crippen LogP contribution < -0.4 is 0 Å². The molecule has 0 N–H and O–H groups in total. The fraction of sp³-hybridized carbons (Fsp3) is 0.167. The van der Waals surface area contributed by atoms with Gasteiger partial charge in [-0.3, -0.25) is 0 Å². The van der Waals surface area contributed by atoms with E-state index in [1.807, 2.05) is 35.9 Å². The van der Waals surface area contributed by atoms with Crippen LogP contribution in [0.2, 0.25) is 0 Å². The van der Waals surface area contributed by atoms with Crippen molar-refractivity contribution in [2.24, 2.45) is 0 Å². The maximum Gasteiger partial charge on any atom is 0.0790 e. The molecule has 4 heteroatoms. The predicted octanol–water partition coefficient (Wildman–Crippen LogP) is 3.01. The van der Waals surface area contributed by atoms with E-state index in [9.17, 15) is 0 Å². The zero-order chi connectivity index (χ0) is 11.5. The fourth-order valence-electron chi connectivity index (χ4n) is 1.57. The van der Waals surface area contributed by atoms with Gasteiger partial charge in [0.25, 0.3) is 0 Å². The number of nitriles is 1. The smallest absolute Gasteiger partial charge is 0.0790 e. The molecule has 2 rings (SSSR count). The highest BCUT2D eigenvalue weighted by molar-refractivity contribution is 9.10. The van der Waals surface area contributed by atoms with Crippen LogP contribution in [0.3, 0.4) is 0 Å². The third-order valence-electron chi connectivity index (χ3n) is 2.46. The first-order valence-corrected chi connectivity index (χ1v) is 5.68. The minimum atomic E-state index is 0.399. The molecule has 1 aromatic heterocycles. The summed E-state index contributed by atoms with van der Waals surface area (Å²) in [6, 6.07) is 10.0. The Morgan fingerprint density at radius 2 is 2.19 bits per heavy atom.